The topological polar surface area (TPSA) is 96.0 Å². The molecule has 2 amide bonds. The Bertz CT molecular complexity index is 1050. The van der Waals surface area contributed by atoms with E-state index in [1.54, 1.807) is 31.4 Å². The van der Waals surface area contributed by atoms with Crippen molar-refractivity contribution in [2.75, 3.05) is 30.8 Å². The number of carbonyl (C=O) groups excluding carboxylic acids is 2. The quantitative estimate of drug-likeness (QED) is 0.495. The zero-order valence-corrected chi connectivity index (χ0v) is 21.4. The summed E-state index contributed by atoms with van der Waals surface area (Å²) in [7, 11) is -2.17. The highest BCUT2D eigenvalue weighted by molar-refractivity contribution is 7.92. The summed E-state index contributed by atoms with van der Waals surface area (Å²) >= 11 is 0. The van der Waals surface area contributed by atoms with Gasteiger partial charge in [-0.2, -0.15) is 0 Å². The van der Waals surface area contributed by atoms with Crippen LogP contribution in [0.4, 0.5) is 5.69 Å². The first kappa shape index (κ1) is 27.2. The third-order valence-corrected chi connectivity index (χ3v) is 6.70. The number of methoxy groups -OCH3 is 1. The van der Waals surface area contributed by atoms with Gasteiger partial charge in [0.05, 0.1) is 19.1 Å². The van der Waals surface area contributed by atoms with E-state index in [1.807, 2.05) is 45.0 Å². The molecule has 8 nitrogen and oxygen atoms in total. The van der Waals surface area contributed by atoms with Crippen LogP contribution in [0.25, 0.3) is 0 Å². The average molecular weight is 490 g/mol. The van der Waals surface area contributed by atoms with Crippen molar-refractivity contribution in [2.45, 2.75) is 46.2 Å². The highest BCUT2D eigenvalue weighted by Crippen LogP contribution is 2.21. The lowest BCUT2D eigenvalue weighted by molar-refractivity contribution is -0.140. The number of likely N-dealkylation sites (N-methyl/N-ethyl adjacent to an activating group) is 1. The maximum Gasteiger partial charge on any atom is 0.244 e. The first-order valence-corrected chi connectivity index (χ1v) is 13.3. The number of anilines is 1. The van der Waals surface area contributed by atoms with Gasteiger partial charge in [-0.1, -0.05) is 38.1 Å². The number of sulfonamides is 1. The summed E-state index contributed by atoms with van der Waals surface area (Å²) in [5, 5.41) is 2.78. The number of amides is 2. The molecule has 0 aliphatic rings. The fourth-order valence-electron chi connectivity index (χ4n) is 3.65. The highest BCUT2D eigenvalue weighted by atomic mass is 32.2. The summed E-state index contributed by atoms with van der Waals surface area (Å²) in [5.41, 5.74) is 2.27. The average Bonchev–Trinajstić information content (AvgIpc) is 2.82. The molecule has 9 heteroatoms. The van der Waals surface area contributed by atoms with Crippen molar-refractivity contribution >= 4 is 27.5 Å². The summed E-state index contributed by atoms with van der Waals surface area (Å²) in [4.78, 5) is 27.8. The van der Waals surface area contributed by atoms with Crippen molar-refractivity contribution in [1.29, 1.82) is 0 Å². The molecule has 0 radical (unpaired) electrons. The molecule has 34 heavy (non-hydrogen) atoms. The number of hydrogen-bond acceptors (Lipinski definition) is 5. The van der Waals surface area contributed by atoms with E-state index >= 15 is 0 Å². The van der Waals surface area contributed by atoms with Crippen LogP contribution in [-0.4, -0.2) is 57.6 Å². The second-order valence-corrected chi connectivity index (χ2v) is 9.88. The summed E-state index contributed by atoms with van der Waals surface area (Å²) in [6, 6.07) is 13.5. The van der Waals surface area contributed by atoms with Crippen molar-refractivity contribution in [2.24, 2.45) is 0 Å². The number of nitrogens with zero attached hydrogens (tertiary/aromatic N) is 2. The summed E-state index contributed by atoms with van der Waals surface area (Å²) in [6.07, 6.45) is 2.28. The predicted molar refractivity (Wildman–Crippen MR) is 134 cm³/mol. The van der Waals surface area contributed by atoms with E-state index in [2.05, 4.69) is 5.32 Å². The van der Waals surface area contributed by atoms with Gasteiger partial charge in [0.15, 0.2) is 0 Å². The molecule has 1 atom stereocenters. The van der Waals surface area contributed by atoms with E-state index in [1.165, 1.54) is 4.90 Å². The summed E-state index contributed by atoms with van der Waals surface area (Å²) < 4.78 is 31.5. The Morgan fingerprint density at radius 3 is 2.03 bits per heavy atom. The van der Waals surface area contributed by atoms with Gasteiger partial charge in [-0.15, -0.1) is 0 Å². The van der Waals surface area contributed by atoms with Gasteiger partial charge >= 0.3 is 0 Å². The minimum absolute atomic E-state index is 0.158. The lowest BCUT2D eigenvalue weighted by Gasteiger charge is -2.32. The van der Waals surface area contributed by atoms with Gasteiger partial charge in [-0.3, -0.25) is 13.9 Å². The minimum atomic E-state index is -3.74. The Morgan fingerprint density at radius 2 is 1.56 bits per heavy atom. The van der Waals surface area contributed by atoms with Gasteiger partial charge in [0.2, 0.25) is 21.8 Å². The first-order chi connectivity index (χ1) is 16.1. The van der Waals surface area contributed by atoms with Gasteiger partial charge < -0.3 is 15.0 Å². The maximum absolute atomic E-state index is 13.5. The van der Waals surface area contributed by atoms with E-state index in [-0.39, 0.29) is 12.5 Å². The largest absolute Gasteiger partial charge is 0.497 e. The molecule has 2 rings (SSSR count). The molecular formula is C25H35N3O5S. The second kappa shape index (κ2) is 12.4. The van der Waals surface area contributed by atoms with Gasteiger partial charge in [0.1, 0.15) is 18.3 Å². The van der Waals surface area contributed by atoms with Crippen molar-refractivity contribution in [3.63, 3.8) is 0 Å². The standard InChI is InChI=1S/C25H35N3O5S/c1-6-19-9-13-21(14-10-19)28(34(5,31)32)18-24(29)27(23(7-2)25(30)26-8-3)17-20-11-15-22(33-4)16-12-20/h9-16,23H,6-8,17-18H2,1-5H3,(H,26,30)/t23-/m0/s1. The lowest BCUT2D eigenvalue weighted by atomic mass is 10.1. The Morgan fingerprint density at radius 1 is 0.971 bits per heavy atom. The molecular weight excluding hydrogens is 454 g/mol. The monoisotopic (exact) mass is 489 g/mol. The van der Waals surface area contributed by atoms with Crippen LogP contribution in [0.2, 0.25) is 0 Å². The van der Waals surface area contributed by atoms with Gasteiger partial charge in [0.25, 0.3) is 0 Å². The fraction of sp³-hybridized carbons (Fsp3) is 0.440. The van der Waals surface area contributed by atoms with Crippen LogP contribution in [0.1, 0.15) is 38.3 Å². The third-order valence-electron chi connectivity index (χ3n) is 5.56. The summed E-state index contributed by atoms with van der Waals surface area (Å²) in [5.74, 6) is -0.0554. The molecule has 0 aliphatic carbocycles. The van der Waals surface area contributed by atoms with E-state index in [0.29, 0.717) is 24.4 Å². The van der Waals surface area contributed by atoms with E-state index in [0.717, 1.165) is 28.1 Å². The number of ether oxygens (including phenoxy) is 1. The number of hydrogen-bond donors (Lipinski definition) is 1. The van der Waals surface area contributed by atoms with Crippen LogP contribution < -0.4 is 14.4 Å². The molecule has 0 saturated carbocycles. The first-order valence-electron chi connectivity index (χ1n) is 11.4. The molecule has 2 aromatic carbocycles. The molecule has 0 aromatic heterocycles. The Balaban J connectivity index is 2.40. The van der Waals surface area contributed by atoms with Crippen LogP contribution >= 0.6 is 0 Å². The summed E-state index contributed by atoms with van der Waals surface area (Å²) in [6.45, 7) is 5.83. The number of nitrogens with one attached hydrogen (secondary N) is 1. The number of rotatable bonds is 12. The Hall–Kier alpha value is -3.07. The minimum Gasteiger partial charge on any atom is -0.497 e. The van der Waals surface area contributed by atoms with Crippen molar-refractivity contribution in [1.82, 2.24) is 10.2 Å². The third kappa shape index (κ3) is 7.21. The van der Waals surface area contributed by atoms with Crippen LogP contribution in [0.5, 0.6) is 5.75 Å². The maximum atomic E-state index is 13.5. The predicted octanol–water partition coefficient (Wildman–Crippen LogP) is 2.97. The van der Waals surface area contributed by atoms with Crippen LogP contribution in [0.15, 0.2) is 48.5 Å². The molecule has 186 valence electrons. The van der Waals surface area contributed by atoms with Gasteiger partial charge in [-0.25, -0.2) is 8.42 Å². The molecule has 2 aromatic rings. The molecule has 0 unspecified atom stereocenters. The SMILES string of the molecule is CCNC(=O)[C@H](CC)N(Cc1ccc(OC)cc1)C(=O)CN(c1ccc(CC)cc1)S(C)(=O)=O. The Kier molecular flexibility index (Phi) is 9.92. The van der Waals surface area contributed by atoms with E-state index in [9.17, 15) is 18.0 Å². The second-order valence-electron chi connectivity index (χ2n) is 7.98. The molecule has 1 N–H and O–H groups in total. The van der Waals surface area contributed by atoms with Crippen LogP contribution in [0.3, 0.4) is 0 Å². The van der Waals surface area contributed by atoms with Crippen LogP contribution in [-0.2, 0) is 32.6 Å². The zero-order chi connectivity index (χ0) is 25.3. The molecule has 0 fully saturated rings. The lowest BCUT2D eigenvalue weighted by Crippen LogP contribution is -2.52. The van der Waals surface area contributed by atoms with Gasteiger partial charge in [-0.05, 0) is 55.2 Å². The van der Waals surface area contributed by atoms with Gasteiger partial charge in [0, 0.05) is 13.1 Å². The number of carbonyl (C=O) groups is 2. The molecule has 0 heterocycles. The van der Waals surface area contributed by atoms with Crippen LogP contribution in [0, 0.1) is 0 Å². The fourth-order valence-corrected chi connectivity index (χ4v) is 4.50. The van der Waals surface area contributed by atoms with E-state index in [4.69, 9.17) is 4.74 Å². The van der Waals surface area contributed by atoms with Crippen molar-refractivity contribution < 1.29 is 22.7 Å². The van der Waals surface area contributed by atoms with Crippen molar-refractivity contribution in [3.8, 4) is 5.75 Å². The smallest absolute Gasteiger partial charge is 0.244 e. The van der Waals surface area contributed by atoms with E-state index < -0.39 is 28.5 Å². The molecule has 0 aliphatic heterocycles. The highest BCUT2D eigenvalue weighted by Gasteiger charge is 2.31. The molecule has 0 spiro atoms. The zero-order valence-electron chi connectivity index (χ0n) is 20.6. The molecule has 0 bridgehead atoms. The molecule has 0 saturated heterocycles. The number of aryl methyl sites for hydroxylation is 1. The normalized spacial score (nSPS) is 12.0. The Labute approximate surface area is 202 Å². The van der Waals surface area contributed by atoms with Crippen molar-refractivity contribution in [3.05, 3.63) is 59.7 Å². The number of benzene rings is 2.